The summed E-state index contributed by atoms with van der Waals surface area (Å²) in [4.78, 5) is 27.8. The Bertz CT molecular complexity index is 727. The number of benzene rings is 2. The highest BCUT2D eigenvalue weighted by Crippen LogP contribution is 2.15. The molecule has 2 rings (SSSR count). The number of anilines is 2. The van der Waals surface area contributed by atoms with Crippen LogP contribution in [0.4, 0.5) is 11.4 Å². The summed E-state index contributed by atoms with van der Waals surface area (Å²) in [6.45, 7) is 2.65. The highest BCUT2D eigenvalue weighted by molar-refractivity contribution is 5.91. The maximum atomic E-state index is 12.2. The summed E-state index contributed by atoms with van der Waals surface area (Å²) in [6.07, 6.45) is 2.10. The number of nitrogens with one attached hydrogen (secondary N) is 1. The molecule has 5 heteroatoms. The van der Waals surface area contributed by atoms with E-state index in [2.05, 4.69) is 17.4 Å². The third-order valence-electron chi connectivity index (χ3n) is 4.46. The first-order chi connectivity index (χ1) is 13.0. The lowest BCUT2D eigenvalue weighted by atomic mass is 10.1. The van der Waals surface area contributed by atoms with Gasteiger partial charge in [0, 0.05) is 51.9 Å². The first kappa shape index (κ1) is 20.5. The zero-order valence-electron chi connectivity index (χ0n) is 16.4. The van der Waals surface area contributed by atoms with Crippen LogP contribution in [0.1, 0.15) is 25.3 Å². The van der Waals surface area contributed by atoms with Gasteiger partial charge in [0.25, 0.3) is 0 Å². The van der Waals surface area contributed by atoms with Gasteiger partial charge in [-0.25, -0.2) is 0 Å². The summed E-state index contributed by atoms with van der Waals surface area (Å²) < 4.78 is 0. The van der Waals surface area contributed by atoms with Gasteiger partial charge in [0.1, 0.15) is 0 Å². The van der Waals surface area contributed by atoms with Crippen molar-refractivity contribution in [1.82, 2.24) is 4.90 Å². The Labute approximate surface area is 162 Å². The fourth-order valence-corrected chi connectivity index (χ4v) is 2.85. The fourth-order valence-electron chi connectivity index (χ4n) is 2.85. The van der Waals surface area contributed by atoms with Crippen LogP contribution in [0.5, 0.6) is 0 Å². The van der Waals surface area contributed by atoms with Crippen molar-refractivity contribution in [1.29, 1.82) is 0 Å². The van der Waals surface area contributed by atoms with E-state index in [0.29, 0.717) is 19.5 Å². The maximum absolute atomic E-state index is 12.2. The van der Waals surface area contributed by atoms with Crippen LogP contribution in [0.3, 0.4) is 0 Å². The van der Waals surface area contributed by atoms with Crippen molar-refractivity contribution >= 4 is 23.2 Å². The number of carbonyl (C=O) groups excluding carboxylic acids is 2. The molecular formula is C22H29N3O2. The molecule has 1 N–H and O–H groups in total. The van der Waals surface area contributed by atoms with E-state index in [9.17, 15) is 9.59 Å². The normalized spacial score (nSPS) is 10.3. The molecule has 144 valence electrons. The third kappa shape index (κ3) is 7.13. The maximum Gasteiger partial charge on any atom is 0.226 e. The summed E-state index contributed by atoms with van der Waals surface area (Å²) in [5.41, 5.74) is 3.11. The topological polar surface area (TPSA) is 52.7 Å². The van der Waals surface area contributed by atoms with Crippen LogP contribution in [-0.4, -0.2) is 43.9 Å². The van der Waals surface area contributed by atoms with Gasteiger partial charge in [-0.05, 0) is 42.7 Å². The van der Waals surface area contributed by atoms with Gasteiger partial charge in [0.15, 0.2) is 0 Å². The number of carbonyl (C=O) groups is 2. The Hall–Kier alpha value is -2.82. The molecule has 0 aliphatic carbocycles. The number of hydrogen-bond acceptors (Lipinski definition) is 3. The molecule has 0 radical (unpaired) electrons. The van der Waals surface area contributed by atoms with Crippen molar-refractivity contribution < 1.29 is 9.59 Å². The van der Waals surface area contributed by atoms with Crippen molar-refractivity contribution in [3.63, 3.8) is 0 Å². The molecule has 2 aromatic carbocycles. The molecule has 0 aromatic heterocycles. The molecule has 2 amide bonds. The summed E-state index contributed by atoms with van der Waals surface area (Å²) in [7, 11) is 3.95. The van der Waals surface area contributed by atoms with E-state index in [1.807, 2.05) is 61.5 Å². The number of aryl methyl sites for hydroxylation is 1. The highest BCUT2D eigenvalue weighted by Gasteiger charge is 2.11. The molecule has 0 bridgehead atoms. The van der Waals surface area contributed by atoms with E-state index in [4.69, 9.17) is 0 Å². The zero-order chi connectivity index (χ0) is 19.6. The summed E-state index contributed by atoms with van der Waals surface area (Å²) in [5.74, 6) is -0.0758. The van der Waals surface area contributed by atoms with Crippen molar-refractivity contribution in [3.05, 3.63) is 60.2 Å². The summed E-state index contributed by atoms with van der Waals surface area (Å²) in [6, 6.07) is 17.9. The van der Waals surface area contributed by atoms with Gasteiger partial charge in [0.05, 0.1) is 0 Å². The number of nitrogens with zero attached hydrogens (tertiary/aromatic N) is 2. The lowest BCUT2D eigenvalue weighted by Gasteiger charge is -2.21. The Morgan fingerprint density at radius 1 is 0.926 bits per heavy atom. The van der Waals surface area contributed by atoms with Gasteiger partial charge in [0.2, 0.25) is 11.8 Å². The smallest absolute Gasteiger partial charge is 0.226 e. The second-order valence-corrected chi connectivity index (χ2v) is 6.83. The highest BCUT2D eigenvalue weighted by atomic mass is 16.2. The minimum Gasteiger partial charge on any atom is -0.378 e. The average Bonchev–Trinajstić information content (AvgIpc) is 2.65. The first-order valence-electron chi connectivity index (χ1n) is 9.32. The Balaban J connectivity index is 1.77. The van der Waals surface area contributed by atoms with Crippen LogP contribution in [0.15, 0.2) is 54.6 Å². The predicted molar refractivity (Wildman–Crippen MR) is 111 cm³/mol. The van der Waals surface area contributed by atoms with Crippen LogP contribution in [-0.2, 0) is 16.0 Å². The lowest BCUT2D eigenvalue weighted by molar-refractivity contribution is -0.129. The Morgan fingerprint density at radius 3 is 2.19 bits per heavy atom. The SMILES string of the molecule is CC(=O)N(CCCc1ccccc1)CCC(=O)Nc1ccc(N(C)C)cc1. The standard InChI is InChI=1S/C22H29N3O2/c1-18(26)25(16-7-10-19-8-5-4-6-9-19)17-15-22(27)23-20-11-13-21(14-12-20)24(2)3/h4-6,8-9,11-14H,7,10,15-17H2,1-3H3,(H,23,27). The van der Waals surface area contributed by atoms with E-state index in [1.165, 1.54) is 5.56 Å². The van der Waals surface area contributed by atoms with Crippen molar-refractivity contribution in [2.24, 2.45) is 0 Å². The molecule has 2 aromatic rings. The number of hydrogen-bond donors (Lipinski definition) is 1. The van der Waals surface area contributed by atoms with E-state index in [0.717, 1.165) is 24.2 Å². The predicted octanol–water partition coefficient (Wildman–Crippen LogP) is 3.56. The van der Waals surface area contributed by atoms with Crippen LogP contribution >= 0.6 is 0 Å². The van der Waals surface area contributed by atoms with Crippen molar-refractivity contribution in [2.45, 2.75) is 26.2 Å². The molecule has 0 saturated carbocycles. The van der Waals surface area contributed by atoms with E-state index in [-0.39, 0.29) is 11.8 Å². The summed E-state index contributed by atoms with van der Waals surface area (Å²) in [5, 5.41) is 2.89. The van der Waals surface area contributed by atoms with Gasteiger partial charge in [-0.15, -0.1) is 0 Å². The molecule has 5 nitrogen and oxygen atoms in total. The first-order valence-corrected chi connectivity index (χ1v) is 9.32. The largest absolute Gasteiger partial charge is 0.378 e. The van der Waals surface area contributed by atoms with Crippen molar-refractivity contribution in [2.75, 3.05) is 37.4 Å². The number of rotatable bonds is 9. The van der Waals surface area contributed by atoms with Gasteiger partial charge >= 0.3 is 0 Å². The molecule has 0 fully saturated rings. The van der Waals surface area contributed by atoms with Gasteiger partial charge < -0.3 is 15.1 Å². The van der Waals surface area contributed by atoms with Gasteiger partial charge in [-0.1, -0.05) is 30.3 Å². The molecule has 0 heterocycles. The minimum atomic E-state index is -0.0816. The lowest BCUT2D eigenvalue weighted by Crippen LogP contribution is -2.33. The van der Waals surface area contributed by atoms with Crippen molar-refractivity contribution in [3.8, 4) is 0 Å². The molecule has 0 aliphatic rings. The summed E-state index contributed by atoms with van der Waals surface area (Å²) >= 11 is 0. The Kier molecular flexibility index (Phi) is 7.86. The number of amides is 2. The van der Waals surface area contributed by atoms with Crippen LogP contribution in [0.2, 0.25) is 0 Å². The van der Waals surface area contributed by atoms with Crippen LogP contribution < -0.4 is 10.2 Å². The molecule has 0 aliphatic heterocycles. The van der Waals surface area contributed by atoms with E-state index >= 15 is 0 Å². The second-order valence-electron chi connectivity index (χ2n) is 6.83. The second kappa shape index (κ2) is 10.4. The molecule has 0 unspecified atom stereocenters. The zero-order valence-corrected chi connectivity index (χ0v) is 16.4. The molecular weight excluding hydrogens is 338 g/mol. The van der Waals surface area contributed by atoms with E-state index < -0.39 is 0 Å². The quantitative estimate of drug-likeness (QED) is 0.737. The average molecular weight is 367 g/mol. The van der Waals surface area contributed by atoms with Gasteiger partial charge in [-0.2, -0.15) is 0 Å². The fraction of sp³-hybridized carbons (Fsp3) is 0.364. The van der Waals surface area contributed by atoms with E-state index in [1.54, 1.807) is 11.8 Å². The molecule has 0 saturated heterocycles. The third-order valence-corrected chi connectivity index (χ3v) is 4.46. The molecule has 0 spiro atoms. The molecule has 27 heavy (non-hydrogen) atoms. The molecule has 0 atom stereocenters. The Morgan fingerprint density at radius 2 is 1.59 bits per heavy atom. The van der Waals surface area contributed by atoms with Gasteiger partial charge in [-0.3, -0.25) is 9.59 Å². The van der Waals surface area contributed by atoms with Crippen LogP contribution in [0.25, 0.3) is 0 Å². The monoisotopic (exact) mass is 367 g/mol. The minimum absolute atomic E-state index is 0.00574. The van der Waals surface area contributed by atoms with Crippen LogP contribution in [0, 0.1) is 0 Å².